The molecule has 0 aliphatic heterocycles. The standard InChI is InChI=1S/C20H29N5OS/c1-15(13-18-9-8-16(2)27-18)24-20(21-3)23-14-19(26)25(4)12-10-17-7-5-6-11-22-17/h5-9,11,15H,10,12-14H2,1-4H3,(H2,21,23,24). The lowest BCUT2D eigenvalue weighted by Gasteiger charge is -2.20. The van der Waals surface area contributed by atoms with Gasteiger partial charge in [0.15, 0.2) is 5.96 Å². The van der Waals surface area contributed by atoms with Gasteiger partial charge in [0.05, 0.1) is 6.54 Å². The lowest BCUT2D eigenvalue weighted by molar-refractivity contribution is -0.128. The van der Waals surface area contributed by atoms with E-state index >= 15 is 0 Å². The molecule has 0 aliphatic carbocycles. The van der Waals surface area contributed by atoms with Crippen LogP contribution < -0.4 is 10.6 Å². The number of hydrogen-bond acceptors (Lipinski definition) is 4. The van der Waals surface area contributed by atoms with Crippen molar-refractivity contribution in [3.8, 4) is 0 Å². The molecule has 1 unspecified atom stereocenters. The fraction of sp³-hybridized carbons (Fsp3) is 0.450. The molecular weight excluding hydrogens is 358 g/mol. The van der Waals surface area contributed by atoms with E-state index in [-0.39, 0.29) is 18.5 Å². The van der Waals surface area contributed by atoms with Crippen molar-refractivity contribution in [2.45, 2.75) is 32.7 Å². The van der Waals surface area contributed by atoms with Gasteiger partial charge >= 0.3 is 0 Å². The zero-order chi connectivity index (χ0) is 19.6. The molecule has 2 aromatic rings. The number of nitrogens with one attached hydrogen (secondary N) is 2. The lowest BCUT2D eigenvalue weighted by Crippen LogP contribution is -2.47. The fourth-order valence-electron chi connectivity index (χ4n) is 2.62. The SMILES string of the molecule is CN=C(NCC(=O)N(C)CCc1ccccn1)NC(C)Cc1ccc(C)s1. The number of aryl methyl sites for hydroxylation is 1. The van der Waals surface area contributed by atoms with Crippen LogP contribution in [0.25, 0.3) is 0 Å². The van der Waals surface area contributed by atoms with Crippen LogP contribution in [-0.2, 0) is 17.6 Å². The van der Waals surface area contributed by atoms with Gasteiger partial charge in [0.2, 0.25) is 5.91 Å². The number of nitrogens with zero attached hydrogens (tertiary/aromatic N) is 3. The highest BCUT2D eigenvalue weighted by Crippen LogP contribution is 2.16. The minimum Gasteiger partial charge on any atom is -0.354 e. The van der Waals surface area contributed by atoms with Gasteiger partial charge in [-0.15, -0.1) is 11.3 Å². The smallest absolute Gasteiger partial charge is 0.241 e. The van der Waals surface area contributed by atoms with Gasteiger partial charge in [-0.2, -0.15) is 0 Å². The Balaban J connectivity index is 1.72. The van der Waals surface area contributed by atoms with Gasteiger partial charge in [0, 0.05) is 61.2 Å². The summed E-state index contributed by atoms with van der Waals surface area (Å²) in [7, 11) is 3.53. The fourth-order valence-corrected chi connectivity index (χ4v) is 3.64. The molecule has 0 saturated heterocycles. The predicted octanol–water partition coefficient (Wildman–Crippen LogP) is 2.25. The molecule has 1 atom stereocenters. The first kappa shape index (κ1) is 20.9. The Morgan fingerprint density at radius 2 is 2.15 bits per heavy atom. The summed E-state index contributed by atoms with van der Waals surface area (Å²) < 4.78 is 0. The average molecular weight is 388 g/mol. The molecule has 0 aromatic carbocycles. The van der Waals surface area contributed by atoms with Gasteiger partial charge in [-0.05, 0) is 38.1 Å². The Bertz CT molecular complexity index is 744. The number of pyridine rings is 1. The molecular formula is C20H29N5OS. The Labute approximate surface area is 165 Å². The second kappa shape index (κ2) is 10.7. The Morgan fingerprint density at radius 1 is 1.33 bits per heavy atom. The van der Waals surface area contributed by atoms with Crippen LogP contribution in [-0.4, -0.2) is 55.0 Å². The third kappa shape index (κ3) is 7.38. The van der Waals surface area contributed by atoms with E-state index in [1.807, 2.05) is 36.6 Å². The topological polar surface area (TPSA) is 69.6 Å². The van der Waals surface area contributed by atoms with Gasteiger partial charge in [0.25, 0.3) is 0 Å². The predicted molar refractivity (Wildman–Crippen MR) is 112 cm³/mol. The average Bonchev–Trinajstić information content (AvgIpc) is 3.08. The third-order valence-corrected chi connectivity index (χ3v) is 5.20. The van der Waals surface area contributed by atoms with Crippen LogP contribution in [0.2, 0.25) is 0 Å². The molecule has 0 fully saturated rings. The molecule has 2 rings (SSSR count). The second-order valence-electron chi connectivity index (χ2n) is 6.57. The molecule has 0 saturated carbocycles. The normalized spacial score (nSPS) is 12.5. The minimum absolute atomic E-state index is 0.0235. The first-order valence-electron chi connectivity index (χ1n) is 9.14. The maximum atomic E-state index is 12.3. The van der Waals surface area contributed by atoms with Crippen molar-refractivity contribution in [3.63, 3.8) is 0 Å². The van der Waals surface area contributed by atoms with E-state index in [2.05, 4.69) is 46.6 Å². The van der Waals surface area contributed by atoms with Crippen LogP contribution in [0.5, 0.6) is 0 Å². The van der Waals surface area contributed by atoms with Crippen molar-refractivity contribution in [1.29, 1.82) is 0 Å². The maximum absolute atomic E-state index is 12.3. The van der Waals surface area contributed by atoms with Crippen molar-refractivity contribution in [2.24, 2.45) is 4.99 Å². The van der Waals surface area contributed by atoms with E-state index < -0.39 is 0 Å². The third-order valence-electron chi connectivity index (χ3n) is 4.17. The number of likely N-dealkylation sites (N-methyl/N-ethyl adjacent to an activating group) is 1. The molecule has 1 amide bonds. The highest BCUT2D eigenvalue weighted by Gasteiger charge is 2.12. The molecule has 146 valence electrons. The molecule has 2 aromatic heterocycles. The van der Waals surface area contributed by atoms with Crippen molar-refractivity contribution < 1.29 is 4.79 Å². The zero-order valence-corrected chi connectivity index (χ0v) is 17.3. The van der Waals surface area contributed by atoms with E-state index in [4.69, 9.17) is 0 Å². The van der Waals surface area contributed by atoms with Gasteiger partial charge in [-0.25, -0.2) is 0 Å². The number of carbonyl (C=O) groups excluding carboxylic acids is 1. The van der Waals surface area contributed by atoms with Crippen LogP contribution in [0, 0.1) is 6.92 Å². The Hall–Kier alpha value is -2.41. The van der Waals surface area contributed by atoms with Gasteiger partial charge in [0.1, 0.15) is 0 Å². The lowest BCUT2D eigenvalue weighted by atomic mass is 10.2. The zero-order valence-electron chi connectivity index (χ0n) is 16.5. The first-order valence-corrected chi connectivity index (χ1v) is 9.96. The number of thiophene rings is 1. The van der Waals surface area contributed by atoms with Crippen LogP contribution in [0.3, 0.4) is 0 Å². The highest BCUT2D eigenvalue weighted by molar-refractivity contribution is 7.11. The molecule has 2 heterocycles. The number of amides is 1. The van der Waals surface area contributed by atoms with E-state index in [1.165, 1.54) is 9.75 Å². The van der Waals surface area contributed by atoms with Crippen molar-refractivity contribution >= 4 is 23.2 Å². The Kier molecular flexibility index (Phi) is 8.26. The van der Waals surface area contributed by atoms with Gasteiger partial charge in [-0.1, -0.05) is 6.07 Å². The number of hydrogen-bond donors (Lipinski definition) is 2. The Morgan fingerprint density at radius 3 is 2.78 bits per heavy atom. The molecule has 0 aliphatic rings. The monoisotopic (exact) mass is 387 g/mol. The summed E-state index contributed by atoms with van der Waals surface area (Å²) >= 11 is 1.81. The molecule has 0 bridgehead atoms. The molecule has 2 N–H and O–H groups in total. The molecule has 0 spiro atoms. The summed E-state index contributed by atoms with van der Waals surface area (Å²) in [5, 5.41) is 6.45. The van der Waals surface area contributed by atoms with Crippen LogP contribution in [0.4, 0.5) is 0 Å². The number of guanidine groups is 1. The van der Waals surface area contributed by atoms with E-state index in [0.717, 1.165) is 18.5 Å². The number of aliphatic imine (C=N–C) groups is 1. The summed E-state index contributed by atoms with van der Waals surface area (Å²) in [6.07, 6.45) is 3.44. The van der Waals surface area contributed by atoms with Gasteiger partial charge < -0.3 is 15.5 Å². The second-order valence-corrected chi connectivity index (χ2v) is 7.95. The summed E-state index contributed by atoms with van der Waals surface area (Å²) in [4.78, 5) is 25.2. The van der Waals surface area contributed by atoms with Crippen molar-refractivity contribution in [3.05, 3.63) is 52.0 Å². The van der Waals surface area contributed by atoms with Crippen LogP contribution in [0.15, 0.2) is 41.5 Å². The summed E-state index contributed by atoms with van der Waals surface area (Å²) in [5.74, 6) is 0.665. The quantitative estimate of drug-likeness (QED) is 0.538. The minimum atomic E-state index is 0.0235. The maximum Gasteiger partial charge on any atom is 0.241 e. The van der Waals surface area contributed by atoms with E-state index in [0.29, 0.717) is 12.5 Å². The highest BCUT2D eigenvalue weighted by atomic mass is 32.1. The first-order chi connectivity index (χ1) is 13.0. The summed E-state index contributed by atoms with van der Waals surface area (Å²) in [6.45, 7) is 5.08. The van der Waals surface area contributed by atoms with Crippen LogP contribution >= 0.6 is 11.3 Å². The van der Waals surface area contributed by atoms with Gasteiger partial charge in [-0.3, -0.25) is 14.8 Å². The summed E-state index contributed by atoms with van der Waals surface area (Å²) in [6, 6.07) is 10.3. The number of carbonyl (C=O) groups is 1. The van der Waals surface area contributed by atoms with E-state index in [9.17, 15) is 4.79 Å². The largest absolute Gasteiger partial charge is 0.354 e. The van der Waals surface area contributed by atoms with Crippen LogP contribution in [0.1, 0.15) is 22.4 Å². The van der Waals surface area contributed by atoms with Crippen molar-refractivity contribution in [1.82, 2.24) is 20.5 Å². The number of aromatic nitrogens is 1. The molecule has 0 radical (unpaired) electrons. The molecule has 7 heteroatoms. The number of rotatable bonds is 8. The summed E-state index contributed by atoms with van der Waals surface area (Å²) in [5.41, 5.74) is 0.986. The molecule has 6 nitrogen and oxygen atoms in total. The van der Waals surface area contributed by atoms with Crippen molar-refractivity contribution in [2.75, 3.05) is 27.2 Å². The molecule has 27 heavy (non-hydrogen) atoms. The van der Waals surface area contributed by atoms with E-state index in [1.54, 1.807) is 18.1 Å².